The Morgan fingerprint density at radius 3 is 2.74 bits per heavy atom. The lowest BCUT2D eigenvalue weighted by atomic mass is 10.1. The van der Waals surface area contributed by atoms with E-state index in [2.05, 4.69) is 20.3 Å². The number of nitrogens with zero attached hydrogens (tertiary/aromatic N) is 4. The van der Waals surface area contributed by atoms with Crippen molar-refractivity contribution in [2.24, 2.45) is 10.9 Å². The van der Waals surface area contributed by atoms with E-state index < -0.39 is 0 Å². The van der Waals surface area contributed by atoms with Gasteiger partial charge in [-0.3, -0.25) is 14.8 Å². The van der Waals surface area contributed by atoms with E-state index in [0.717, 1.165) is 45.7 Å². The average Bonchev–Trinajstić information content (AvgIpc) is 3.02. The molecule has 0 spiro atoms. The van der Waals surface area contributed by atoms with Crippen molar-refractivity contribution in [1.29, 1.82) is 0 Å². The summed E-state index contributed by atoms with van der Waals surface area (Å²) in [6, 6.07) is 0. The molecule has 3 rings (SSSR count). The second kappa shape index (κ2) is 5.71. The molecule has 19 heavy (non-hydrogen) atoms. The van der Waals surface area contributed by atoms with Gasteiger partial charge in [0.1, 0.15) is 6.67 Å². The minimum absolute atomic E-state index is 0.200. The van der Waals surface area contributed by atoms with Gasteiger partial charge in [0.15, 0.2) is 0 Å². The van der Waals surface area contributed by atoms with Crippen LogP contribution in [0.4, 0.5) is 0 Å². The number of carbonyl (C=O) groups is 1. The Morgan fingerprint density at radius 2 is 2.11 bits per heavy atom. The van der Waals surface area contributed by atoms with E-state index in [0.29, 0.717) is 12.6 Å². The monoisotopic (exact) mass is 263 g/mol. The molecule has 2 saturated heterocycles. The summed E-state index contributed by atoms with van der Waals surface area (Å²) in [5.41, 5.74) is 0. The molecule has 2 fully saturated rings. The highest BCUT2D eigenvalue weighted by Crippen LogP contribution is 2.15. The van der Waals surface area contributed by atoms with Gasteiger partial charge in [0, 0.05) is 45.1 Å². The van der Waals surface area contributed by atoms with Crippen molar-refractivity contribution >= 4 is 12.1 Å². The quantitative estimate of drug-likeness (QED) is 0.730. The normalized spacial score (nSPS) is 28.1. The van der Waals surface area contributed by atoms with Crippen LogP contribution in [0.25, 0.3) is 0 Å². The van der Waals surface area contributed by atoms with E-state index in [4.69, 9.17) is 0 Å². The van der Waals surface area contributed by atoms with Crippen LogP contribution in [0.15, 0.2) is 17.3 Å². The van der Waals surface area contributed by atoms with Crippen molar-refractivity contribution in [2.75, 3.05) is 45.9 Å². The van der Waals surface area contributed by atoms with Gasteiger partial charge in [-0.1, -0.05) is 0 Å². The van der Waals surface area contributed by atoms with E-state index in [1.54, 1.807) is 0 Å². The molecule has 104 valence electrons. The predicted octanol–water partition coefficient (Wildman–Crippen LogP) is -0.487. The Labute approximate surface area is 113 Å². The summed E-state index contributed by atoms with van der Waals surface area (Å²) in [5, 5.41) is 7.65. The van der Waals surface area contributed by atoms with Crippen LogP contribution in [0, 0.1) is 5.92 Å². The van der Waals surface area contributed by atoms with Gasteiger partial charge in [-0.2, -0.15) is 0 Å². The molecule has 0 aromatic rings. The third-order valence-electron chi connectivity index (χ3n) is 4.02. The lowest BCUT2D eigenvalue weighted by Gasteiger charge is -2.41. The first-order chi connectivity index (χ1) is 9.34. The van der Waals surface area contributed by atoms with Crippen molar-refractivity contribution in [3.8, 4) is 0 Å². The molecule has 1 atom stereocenters. The second-order valence-electron chi connectivity index (χ2n) is 5.22. The summed E-state index contributed by atoms with van der Waals surface area (Å²) < 4.78 is 0. The number of carbonyl (C=O) groups excluding carboxylic acids is 1. The third kappa shape index (κ3) is 2.79. The molecule has 0 saturated carbocycles. The zero-order valence-corrected chi connectivity index (χ0v) is 11.2. The van der Waals surface area contributed by atoms with Gasteiger partial charge in [0.05, 0.1) is 5.92 Å². The molecule has 0 aliphatic carbocycles. The van der Waals surface area contributed by atoms with Gasteiger partial charge < -0.3 is 10.2 Å². The van der Waals surface area contributed by atoms with Crippen LogP contribution in [0.2, 0.25) is 0 Å². The first-order valence-electron chi connectivity index (χ1n) is 7.02. The molecule has 0 radical (unpaired) electrons. The number of aliphatic imine (C=N–C) groups is 1. The SMILES string of the molecule is O=C(C1CCNC1)N1CCN(N2C=CC=NC2)CC1. The number of rotatable bonds is 2. The fourth-order valence-corrected chi connectivity index (χ4v) is 2.86. The van der Waals surface area contributed by atoms with Crippen LogP contribution in [-0.4, -0.2) is 73.0 Å². The zero-order valence-electron chi connectivity index (χ0n) is 11.2. The third-order valence-corrected chi connectivity index (χ3v) is 4.02. The van der Waals surface area contributed by atoms with Gasteiger partial charge in [0.2, 0.25) is 5.91 Å². The predicted molar refractivity (Wildman–Crippen MR) is 73.5 cm³/mol. The molecule has 6 nitrogen and oxygen atoms in total. The number of nitrogens with one attached hydrogen (secondary N) is 1. The standard InChI is InChI=1S/C13H21N5O/c19-13(12-2-4-14-10-12)16-6-8-17(9-7-16)18-5-1-3-15-11-18/h1,3,5,12,14H,2,4,6-11H2. The molecule has 6 heteroatoms. The maximum Gasteiger partial charge on any atom is 0.227 e. The number of piperazine rings is 1. The van der Waals surface area contributed by atoms with Gasteiger partial charge in [0.25, 0.3) is 0 Å². The zero-order chi connectivity index (χ0) is 13.1. The van der Waals surface area contributed by atoms with E-state index in [1.807, 2.05) is 23.4 Å². The van der Waals surface area contributed by atoms with Gasteiger partial charge >= 0.3 is 0 Å². The minimum atomic E-state index is 0.200. The summed E-state index contributed by atoms with van der Waals surface area (Å²) >= 11 is 0. The van der Waals surface area contributed by atoms with Crippen molar-refractivity contribution < 1.29 is 4.79 Å². The number of hydrogen-bond acceptors (Lipinski definition) is 5. The summed E-state index contributed by atoms with van der Waals surface area (Å²) in [6.07, 6.45) is 6.81. The summed E-state index contributed by atoms with van der Waals surface area (Å²) in [5.74, 6) is 0.530. The second-order valence-corrected chi connectivity index (χ2v) is 5.22. The number of amides is 1. The Balaban J connectivity index is 1.50. The van der Waals surface area contributed by atoms with Gasteiger partial charge in [-0.25, -0.2) is 5.01 Å². The fourth-order valence-electron chi connectivity index (χ4n) is 2.86. The highest BCUT2D eigenvalue weighted by atomic mass is 16.2. The van der Waals surface area contributed by atoms with Gasteiger partial charge in [-0.15, -0.1) is 0 Å². The molecule has 3 aliphatic rings. The lowest BCUT2D eigenvalue weighted by Crippen LogP contribution is -2.54. The van der Waals surface area contributed by atoms with Crippen molar-refractivity contribution in [2.45, 2.75) is 6.42 Å². The summed E-state index contributed by atoms with van der Waals surface area (Å²) in [4.78, 5) is 18.6. The molecule has 0 bridgehead atoms. The Kier molecular flexibility index (Phi) is 3.79. The fraction of sp³-hybridized carbons (Fsp3) is 0.692. The maximum absolute atomic E-state index is 12.3. The van der Waals surface area contributed by atoms with Gasteiger partial charge in [-0.05, 0) is 19.0 Å². The van der Waals surface area contributed by atoms with Crippen LogP contribution >= 0.6 is 0 Å². The van der Waals surface area contributed by atoms with Crippen LogP contribution in [0.5, 0.6) is 0 Å². The van der Waals surface area contributed by atoms with E-state index in [9.17, 15) is 4.79 Å². The van der Waals surface area contributed by atoms with Crippen molar-refractivity contribution in [1.82, 2.24) is 20.2 Å². The number of hydrogen-bond donors (Lipinski definition) is 1. The van der Waals surface area contributed by atoms with Crippen LogP contribution in [0.3, 0.4) is 0 Å². The first kappa shape index (κ1) is 12.6. The van der Waals surface area contributed by atoms with E-state index in [1.165, 1.54) is 0 Å². The molecular formula is C13H21N5O. The largest absolute Gasteiger partial charge is 0.340 e. The molecule has 1 unspecified atom stereocenters. The topological polar surface area (TPSA) is 51.2 Å². The van der Waals surface area contributed by atoms with Crippen LogP contribution in [0.1, 0.15) is 6.42 Å². The Bertz CT molecular complexity index is 380. The van der Waals surface area contributed by atoms with E-state index in [-0.39, 0.29) is 5.92 Å². The van der Waals surface area contributed by atoms with E-state index >= 15 is 0 Å². The average molecular weight is 263 g/mol. The molecular weight excluding hydrogens is 242 g/mol. The first-order valence-corrected chi connectivity index (χ1v) is 7.02. The van der Waals surface area contributed by atoms with Crippen LogP contribution < -0.4 is 5.32 Å². The Hall–Kier alpha value is -1.40. The number of hydrazine groups is 1. The van der Waals surface area contributed by atoms with Crippen molar-refractivity contribution in [3.63, 3.8) is 0 Å². The highest BCUT2D eigenvalue weighted by Gasteiger charge is 2.30. The molecule has 0 aromatic carbocycles. The smallest absolute Gasteiger partial charge is 0.227 e. The number of allylic oxidation sites excluding steroid dienone is 1. The van der Waals surface area contributed by atoms with Crippen LogP contribution in [-0.2, 0) is 4.79 Å². The molecule has 0 aromatic heterocycles. The lowest BCUT2D eigenvalue weighted by molar-refractivity contribution is -0.139. The Morgan fingerprint density at radius 1 is 1.26 bits per heavy atom. The molecule has 1 N–H and O–H groups in total. The maximum atomic E-state index is 12.3. The minimum Gasteiger partial charge on any atom is -0.340 e. The molecule has 3 aliphatic heterocycles. The summed E-state index contributed by atoms with van der Waals surface area (Å²) in [6.45, 7) is 5.96. The van der Waals surface area contributed by atoms with Crippen molar-refractivity contribution in [3.05, 3.63) is 12.3 Å². The summed E-state index contributed by atoms with van der Waals surface area (Å²) in [7, 11) is 0. The molecule has 1 amide bonds. The molecule has 3 heterocycles. The highest BCUT2D eigenvalue weighted by molar-refractivity contribution is 5.79.